The number of fused-ring (bicyclic) bond motifs is 1. The molecule has 2 amide bonds. The first-order valence-electron chi connectivity index (χ1n) is 11.9. The van der Waals surface area contributed by atoms with Gasteiger partial charge in [0, 0.05) is 23.8 Å². The van der Waals surface area contributed by atoms with E-state index in [1.807, 2.05) is 63.2 Å². The number of nitrogens with zero attached hydrogens (tertiary/aromatic N) is 3. The van der Waals surface area contributed by atoms with Gasteiger partial charge in [-0.1, -0.05) is 36.4 Å². The van der Waals surface area contributed by atoms with Crippen molar-refractivity contribution in [2.75, 3.05) is 0 Å². The van der Waals surface area contributed by atoms with Crippen LogP contribution in [0.15, 0.2) is 67.0 Å². The highest BCUT2D eigenvalue weighted by atomic mass is 16.6. The number of carbonyl (C=O) groups excluding carboxylic acids is 2. The Morgan fingerprint density at radius 3 is 2.50 bits per heavy atom. The van der Waals surface area contributed by atoms with E-state index in [-0.39, 0.29) is 5.91 Å². The summed E-state index contributed by atoms with van der Waals surface area (Å²) in [6, 6.07) is 18.2. The molecule has 0 unspecified atom stereocenters. The monoisotopic (exact) mass is 485 g/mol. The fourth-order valence-corrected chi connectivity index (χ4v) is 4.01. The second-order valence-corrected chi connectivity index (χ2v) is 9.59. The van der Waals surface area contributed by atoms with Crippen molar-refractivity contribution in [1.82, 2.24) is 20.1 Å². The van der Waals surface area contributed by atoms with Crippen LogP contribution >= 0.6 is 0 Å². The van der Waals surface area contributed by atoms with Crippen molar-refractivity contribution in [3.8, 4) is 0 Å². The molecule has 0 bridgehead atoms. The van der Waals surface area contributed by atoms with Crippen LogP contribution in [0.3, 0.4) is 0 Å². The maximum Gasteiger partial charge on any atom is 0.405 e. The molecule has 0 radical (unpaired) electrons. The van der Waals surface area contributed by atoms with E-state index in [2.05, 4.69) is 27.5 Å². The molecule has 0 aliphatic carbocycles. The minimum absolute atomic E-state index is 0.172. The van der Waals surface area contributed by atoms with Gasteiger partial charge in [-0.3, -0.25) is 14.5 Å². The summed E-state index contributed by atoms with van der Waals surface area (Å²) in [7, 11) is 0. The number of rotatable bonds is 9. The lowest BCUT2D eigenvalue weighted by molar-refractivity contribution is 0.0394. The van der Waals surface area contributed by atoms with Crippen molar-refractivity contribution >= 4 is 22.9 Å². The third-order valence-electron chi connectivity index (χ3n) is 6.00. The van der Waals surface area contributed by atoms with Gasteiger partial charge >= 0.3 is 6.09 Å². The number of aromatic nitrogens is 3. The standard InChI is InChI=1S/C28H31N5O3/c1-19-4-10-23-14-22(9-11-25(23)32-19)17-33-18-24(16-31-33)26(34)30-15-21-7-5-20(6-8-21)12-13-28(2,3)36-27(29)35/h4-11,14,16,18H,12-13,15,17H2,1-3H3,(H2,29,35)(H,30,34). The summed E-state index contributed by atoms with van der Waals surface area (Å²) >= 11 is 0. The van der Waals surface area contributed by atoms with Crippen molar-refractivity contribution in [3.63, 3.8) is 0 Å². The smallest absolute Gasteiger partial charge is 0.405 e. The Labute approximate surface area is 210 Å². The summed E-state index contributed by atoms with van der Waals surface area (Å²) < 4.78 is 6.89. The average molecular weight is 486 g/mol. The first kappa shape index (κ1) is 24.9. The van der Waals surface area contributed by atoms with Crippen molar-refractivity contribution < 1.29 is 14.3 Å². The molecular weight excluding hydrogens is 454 g/mol. The first-order chi connectivity index (χ1) is 17.2. The molecule has 0 saturated heterocycles. The van der Waals surface area contributed by atoms with Crippen LogP contribution in [-0.4, -0.2) is 32.4 Å². The number of nitrogens with two attached hydrogens (primary N) is 1. The minimum Gasteiger partial charge on any atom is -0.444 e. The van der Waals surface area contributed by atoms with Crippen LogP contribution in [0.2, 0.25) is 0 Å². The van der Waals surface area contributed by atoms with E-state index in [9.17, 15) is 9.59 Å². The van der Waals surface area contributed by atoms with Gasteiger partial charge < -0.3 is 15.8 Å². The Balaban J connectivity index is 1.29. The van der Waals surface area contributed by atoms with Crippen LogP contribution in [0, 0.1) is 6.92 Å². The summed E-state index contributed by atoms with van der Waals surface area (Å²) in [6.45, 7) is 6.64. The summed E-state index contributed by atoms with van der Waals surface area (Å²) in [6.07, 6.45) is 3.98. The van der Waals surface area contributed by atoms with Gasteiger partial charge in [0.25, 0.3) is 5.91 Å². The Kier molecular flexibility index (Phi) is 7.33. The zero-order valence-corrected chi connectivity index (χ0v) is 20.8. The number of nitrogens with one attached hydrogen (secondary N) is 1. The zero-order valence-electron chi connectivity index (χ0n) is 20.8. The van der Waals surface area contributed by atoms with Crippen LogP contribution < -0.4 is 11.1 Å². The maximum absolute atomic E-state index is 12.6. The molecule has 8 heteroatoms. The van der Waals surface area contributed by atoms with Crippen LogP contribution in [0.5, 0.6) is 0 Å². The number of hydrogen-bond acceptors (Lipinski definition) is 5. The number of carbonyl (C=O) groups is 2. The first-order valence-corrected chi connectivity index (χ1v) is 11.9. The Hall–Kier alpha value is -4.20. The molecule has 8 nitrogen and oxygen atoms in total. The number of pyridine rings is 1. The quantitative estimate of drug-likeness (QED) is 0.362. The molecule has 36 heavy (non-hydrogen) atoms. The van der Waals surface area contributed by atoms with Gasteiger partial charge in [-0.05, 0) is 68.5 Å². The van der Waals surface area contributed by atoms with Crippen molar-refractivity contribution in [3.05, 3.63) is 94.9 Å². The summed E-state index contributed by atoms with van der Waals surface area (Å²) in [5, 5.41) is 8.38. The molecule has 2 aromatic carbocycles. The second-order valence-electron chi connectivity index (χ2n) is 9.59. The number of amides is 2. The molecule has 4 aromatic rings. The van der Waals surface area contributed by atoms with E-state index in [1.54, 1.807) is 17.1 Å². The van der Waals surface area contributed by atoms with Gasteiger partial charge in [0.05, 0.1) is 23.8 Å². The largest absolute Gasteiger partial charge is 0.444 e. The third kappa shape index (κ3) is 6.69. The van der Waals surface area contributed by atoms with Gasteiger partial charge in [0.2, 0.25) is 0 Å². The second kappa shape index (κ2) is 10.6. The predicted molar refractivity (Wildman–Crippen MR) is 138 cm³/mol. The van der Waals surface area contributed by atoms with Gasteiger partial charge in [0.15, 0.2) is 0 Å². The lowest BCUT2D eigenvalue weighted by Gasteiger charge is -2.23. The SMILES string of the molecule is Cc1ccc2cc(Cn3cc(C(=O)NCc4ccc(CCC(C)(C)OC(N)=O)cc4)cn3)ccc2n1. The van der Waals surface area contributed by atoms with Crippen LogP contribution in [0.4, 0.5) is 4.79 Å². The highest BCUT2D eigenvalue weighted by Crippen LogP contribution is 2.19. The molecule has 3 N–H and O–H groups in total. The van der Waals surface area contributed by atoms with E-state index in [1.165, 1.54) is 0 Å². The van der Waals surface area contributed by atoms with Gasteiger partial charge in [-0.2, -0.15) is 5.10 Å². The molecule has 4 rings (SSSR count). The Morgan fingerprint density at radius 2 is 1.75 bits per heavy atom. The van der Waals surface area contributed by atoms with Gasteiger partial charge in [-0.25, -0.2) is 4.79 Å². The van der Waals surface area contributed by atoms with Crippen LogP contribution in [0.25, 0.3) is 10.9 Å². The summed E-state index contributed by atoms with van der Waals surface area (Å²) in [5.41, 5.74) is 10.2. The molecule has 0 fully saturated rings. The van der Waals surface area contributed by atoms with Crippen molar-refractivity contribution in [1.29, 1.82) is 0 Å². The molecule has 0 aliphatic heterocycles. The van der Waals surface area contributed by atoms with E-state index in [0.717, 1.165) is 39.7 Å². The summed E-state index contributed by atoms with van der Waals surface area (Å²) in [4.78, 5) is 28.2. The van der Waals surface area contributed by atoms with Crippen LogP contribution in [-0.2, 0) is 24.2 Å². The molecular formula is C28H31N5O3. The predicted octanol–water partition coefficient (Wildman–Crippen LogP) is 4.52. The Bertz CT molecular complexity index is 1380. The third-order valence-corrected chi connectivity index (χ3v) is 6.00. The van der Waals surface area contributed by atoms with E-state index in [0.29, 0.717) is 25.1 Å². The molecule has 0 aliphatic rings. The van der Waals surface area contributed by atoms with E-state index >= 15 is 0 Å². The molecule has 0 atom stereocenters. The summed E-state index contributed by atoms with van der Waals surface area (Å²) in [5.74, 6) is -0.172. The number of primary amides is 1. The van der Waals surface area contributed by atoms with Gasteiger partial charge in [0.1, 0.15) is 5.60 Å². The normalized spacial score (nSPS) is 11.4. The maximum atomic E-state index is 12.6. The number of ether oxygens (including phenoxy) is 1. The molecule has 0 saturated carbocycles. The van der Waals surface area contributed by atoms with Crippen LogP contribution in [0.1, 0.15) is 53.0 Å². The topological polar surface area (TPSA) is 112 Å². The molecule has 2 aromatic heterocycles. The fraction of sp³-hybridized carbons (Fsp3) is 0.286. The Morgan fingerprint density at radius 1 is 1.03 bits per heavy atom. The van der Waals surface area contributed by atoms with E-state index in [4.69, 9.17) is 10.5 Å². The molecule has 186 valence electrons. The van der Waals surface area contributed by atoms with Gasteiger partial charge in [-0.15, -0.1) is 0 Å². The number of hydrogen-bond donors (Lipinski definition) is 2. The van der Waals surface area contributed by atoms with Crippen molar-refractivity contribution in [2.24, 2.45) is 5.73 Å². The highest BCUT2D eigenvalue weighted by Gasteiger charge is 2.21. The lowest BCUT2D eigenvalue weighted by Crippen LogP contribution is -2.31. The fourth-order valence-electron chi connectivity index (χ4n) is 4.01. The number of benzene rings is 2. The molecule has 0 spiro atoms. The highest BCUT2D eigenvalue weighted by molar-refractivity contribution is 5.93. The number of aryl methyl sites for hydroxylation is 2. The average Bonchev–Trinajstić information content (AvgIpc) is 3.30. The van der Waals surface area contributed by atoms with E-state index < -0.39 is 11.7 Å². The lowest BCUT2D eigenvalue weighted by atomic mass is 9.98. The molecule has 2 heterocycles. The van der Waals surface area contributed by atoms with Crippen molar-refractivity contribution in [2.45, 2.75) is 52.3 Å². The zero-order chi connectivity index (χ0) is 25.7. The minimum atomic E-state index is -0.766.